The molecule has 0 aliphatic heterocycles. The molecule has 0 atom stereocenters. The first-order valence-electron chi connectivity index (χ1n) is 8.38. The van der Waals surface area contributed by atoms with E-state index in [1.807, 2.05) is 60.7 Å². The van der Waals surface area contributed by atoms with Crippen molar-refractivity contribution < 1.29 is 13.2 Å². The third kappa shape index (κ3) is 3.70. The summed E-state index contributed by atoms with van der Waals surface area (Å²) in [6.45, 7) is 1.60. The molecule has 0 amide bonds. The van der Waals surface area contributed by atoms with E-state index in [0.29, 0.717) is 0 Å². The highest BCUT2D eigenvalue weighted by Gasteiger charge is 2.38. The number of aromatic nitrogens is 3. The molecule has 0 fully saturated rings. The van der Waals surface area contributed by atoms with Crippen molar-refractivity contribution in [2.24, 2.45) is 0 Å². The number of aryl methyl sites for hydroxylation is 2. The van der Waals surface area contributed by atoms with Gasteiger partial charge in [0.1, 0.15) is 11.2 Å². The third-order valence-electron chi connectivity index (χ3n) is 4.53. The zero-order chi connectivity index (χ0) is 19.5. The summed E-state index contributed by atoms with van der Waals surface area (Å²) >= 11 is 0. The standard InChI is InChI=1S/C20H17F3N4/c1-15-25-18(20(21,22)23)26-27(15)13-12-19(14-24,16-8-4-2-5-9-16)17-10-6-3-7-11-17/h2-11H,12-13H2,1H3. The van der Waals surface area contributed by atoms with Crippen molar-refractivity contribution in [2.45, 2.75) is 31.5 Å². The molecule has 0 bridgehead atoms. The molecule has 0 spiro atoms. The van der Waals surface area contributed by atoms with Crippen LogP contribution in [0.1, 0.15) is 29.2 Å². The molecule has 0 N–H and O–H groups in total. The number of hydrogen-bond acceptors (Lipinski definition) is 3. The zero-order valence-corrected chi connectivity index (χ0v) is 14.6. The van der Waals surface area contributed by atoms with Crippen molar-refractivity contribution in [3.8, 4) is 6.07 Å². The highest BCUT2D eigenvalue weighted by molar-refractivity contribution is 5.45. The molecule has 0 unspecified atom stereocenters. The Balaban J connectivity index is 1.99. The third-order valence-corrected chi connectivity index (χ3v) is 4.53. The Kier molecular flexibility index (Phi) is 5.00. The van der Waals surface area contributed by atoms with E-state index < -0.39 is 17.4 Å². The van der Waals surface area contributed by atoms with Crippen LogP contribution in [0.25, 0.3) is 0 Å². The van der Waals surface area contributed by atoms with Crippen molar-refractivity contribution in [1.29, 1.82) is 5.26 Å². The van der Waals surface area contributed by atoms with E-state index in [4.69, 9.17) is 0 Å². The van der Waals surface area contributed by atoms with Crippen molar-refractivity contribution in [3.63, 3.8) is 0 Å². The summed E-state index contributed by atoms with van der Waals surface area (Å²) in [4.78, 5) is 3.50. The van der Waals surface area contributed by atoms with Gasteiger partial charge < -0.3 is 0 Å². The smallest absolute Gasteiger partial charge is 0.250 e. The number of benzene rings is 2. The van der Waals surface area contributed by atoms with E-state index in [2.05, 4.69) is 16.2 Å². The molecule has 1 heterocycles. The van der Waals surface area contributed by atoms with Crippen LogP contribution in [0.5, 0.6) is 0 Å². The number of alkyl halides is 3. The largest absolute Gasteiger partial charge is 0.453 e. The summed E-state index contributed by atoms with van der Waals surface area (Å²) in [5, 5.41) is 13.7. The van der Waals surface area contributed by atoms with Gasteiger partial charge in [0.25, 0.3) is 5.82 Å². The van der Waals surface area contributed by atoms with E-state index in [0.717, 1.165) is 11.1 Å². The van der Waals surface area contributed by atoms with Crippen LogP contribution in [0.3, 0.4) is 0 Å². The average molecular weight is 370 g/mol. The predicted octanol–water partition coefficient (Wildman–Crippen LogP) is 4.51. The number of hydrogen-bond donors (Lipinski definition) is 0. The van der Waals surface area contributed by atoms with Gasteiger partial charge in [-0.25, -0.2) is 9.67 Å². The minimum atomic E-state index is -4.60. The highest BCUT2D eigenvalue weighted by Crippen LogP contribution is 2.36. The topological polar surface area (TPSA) is 54.5 Å². The number of nitriles is 1. The van der Waals surface area contributed by atoms with Gasteiger partial charge in [-0.2, -0.15) is 18.4 Å². The molecule has 3 rings (SSSR count). The van der Waals surface area contributed by atoms with Gasteiger partial charge >= 0.3 is 6.18 Å². The molecule has 0 aliphatic rings. The first-order valence-corrected chi connectivity index (χ1v) is 8.38. The molecule has 138 valence electrons. The monoisotopic (exact) mass is 370 g/mol. The molecule has 2 aromatic carbocycles. The van der Waals surface area contributed by atoms with Gasteiger partial charge in [0, 0.05) is 6.54 Å². The molecule has 7 heteroatoms. The molecular weight excluding hydrogens is 353 g/mol. The summed E-state index contributed by atoms with van der Waals surface area (Å²) in [6.07, 6.45) is -4.33. The Morgan fingerprint density at radius 1 is 0.963 bits per heavy atom. The van der Waals surface area contributed by atoms with Crippen molar-refractivity contribution >= 4 is 0 Å². The second-order valence-electron chi connectivity index (χ2n) is 6.20. The summed E-state index contributed by atoms with van der Waals surface area (Å²) < 4.78 is 39.8. The normalized spacial score (nSPS) is 12.0. The summed E-state index contributed by atoms with van der Waals surface area (Å²) in [5.41, 5.74) is 0.569. The minimum Gasteiger partial charge on any atom is -0.250 e. The summed E-state index contributed by atoms with van der Waals surface area (Å²) in [7, 11) is 0. The maximum Gasteiger partial charge on any atom is 0.453 e. The van der Waals surface area contributed by atoms with Crippen LogP contribution in [0.4, 0.5) is 13.2 Å². The zero-order valence-electron chi connectivity index (χ0n) is 14.6. The van der Waals surface area contributed by atoms with Gasteiger partial charge in [-0.1, -0.05) is 60.7 Å². The van der Waals surface area contributed by atoms with Gasteiger partial charge in [-0.3, -0.25) is 0 Å². The highest BCUT2D eigenvalue weighted by atomic mass is 19.4. The number of halogens is 3. The Labute approximate surface area is 154 Å². The lowest BCUT2D eigenvalue weighted by atomic mass is 9.73. The minimum absolute atomic E-state index is 0.131. The molecule has 0 saturated heterocycles. The number of rotatable bonds is 5. The molecule has 3 aromatic rings. The average Bonchev–Trinajstić information content (AvgIpc) is 3.06. The quantitative estimate of drug-likeness (QED) is 0.664. The fourth-order valence-corrected chi connectivity index (χ4v) is 3.11. The van der Waals surface area contributed by atoms with Crippen LogP contribution in [-0.4, -0.2) is 14.8 Å². The van der Waals surface area contributed by atoms with Crippen LogP contribution < -0.4 is 0 Å². The van der Waals surface area contributed by atoms with Gasteiger partial charge in [0.05, 0.1) is 6.07 Å². The molecule has 27 heavy (non-hydrogen) atoms. The molecule has 0 saturated carbocycles. The van der Waals surface area contributed by atoms with Crippen LogP contribution in [0.2, 0.25) is 0 Å². The van der Waals surface area contributed by atoms with Crippen molar-refractivity contribution in [3.05, 3.63) is 83.4 Å². The SMILES string of the molecule is Cc1nc(C(F)(F)F)nn1CCC(C#N)(c1ccccc1)c1ccccc1. The molecule has 4 nitrogen and oxygen atoms in total. The Bertz CT molecular complexity index is 901. The van der Waals surface area contributed by atoms with Crippen LogP contribution in [-0.2, 0) is 18.1 Å². The van der Waals surface area contributed by atoms with Gasteiger partial charge in [-0.15, -0.1) is 5.10 Å². The Morgan fingerprint density at radius 2 is 1.48 bits per heavy atom. The van der Waals surface area contributed by atoms with Gasteiger partial charge in [-0.05, 0) is 24.5 Å². The first kappa shape index (κ1) is 18.6. The fraction of sp³-hybridized carbons (Fsp3) is 0.250. The Morgan fingerprint density at radius 3 is 1.89 bits per heavy atom. The lowest BCUT2D eigenvalue weighted by Gasteiger charge is -2.28. The van der Waals surface area contributed by atoms with Crippen molar-refractivity contribution in [2.75, 3.05) is 0 Å². The Hall–Kier alpha value is -3.14. The van der Waals surface area contributed by atoms with E-state index in [1.54, 1.807) is 0 Å². The molecule has 1 aromatic heterocycles. The lowest BCUT2D eigenvalue weighted by Crippen LogP contribution is -2.28. The van der Waals surface area contributed by atoms with E-state index in [1.165, 1.54) is 11.6 Å². The van der Waals surface area contributed by atoms with Gasteiger partial charge in [0.2, 0.25) is 0 Å². The summed E-state index contributed by atoms with van der Waals surface area (Å²) in [5.74, 6) is -1.00. The van der Waals surface area contributed by atoms with Crippen LogP contribution in [0, 0.1) is 18.3 Å². The fourth-order valence-electron chi connectivity index (χ4n) is 3.11. The van der Waals surface area contributed by atoms with E-state index in [-0.39, 0.29) is 18.8 Å². The van der Waals surface area contributed by atoms with Gasteiger partial charge in [0.15, 0.2) is 0 Å². The lowest BCUT2D eigenvalue weighted by molar-refractivity contribution is -0.145. The molecule has 0 radical (unpaired) electrons. The number of nitrogens with zero attached hydrogens (tertiary/aromatic N) is 4. The van der Waals surface area contributed by atoms with Crippen molar-refractivity contribution in [1.82, 2.24) is 14.8 Å². The molecular formula is C20H17F3N4. The maximum atomic E-state index is 12.9. The van der Waals surface area contributed by atoms with Crippen LogP contribution in [0.15, 0.2) is 60.7 Å². The second kappa shape index (κ2) is 7.23. The van der Waals surface area contributed by atoms with Crippen LogP contribution >= 0.6 is 0 Å². The van der Waals surface area contributed by atoms with E-state index >= 15 is 0 Å². The van der Waals surface area contributed by atoms with E-state index in [9.17, 15) is 18.4 Å². The molecule has 0 aliphatic carbocycles. The maximum absolute atomic E-state index is 12.9. The first-order chi connectivity index (χ1) is 12.9. The second-order valence-corrected chi connectivity index (χ2v) is 6.20. The predicted molar refractivity (Wildman–Crippen MR) is 93.7 cm³/mol. The summed E-state index contributed by atoms with van der Waals surface area (Å²) in [6, 6.07) is 20.9.